The Bertz CT molecular complexity index is 383. The van der Waals surface area contributed by atoms with Crippen molar-refractivity contribution in [2.24, 2.45) is 5.92 Å². The summed E-state index contributed by atoms with van der Waals surface area (Å²) in [7, 11) is 0. The van der Waals surface area contributed by atoms with Crippen molar-refractivity contribution in [3.8, 4) is 0 Å². The van der Waals surface area contributed by atoms with E-state index in [1.807, 2.05) is 24.3 Å². The van der Waals surface area contributed by atoms with E-state index in [0.717, 1.165) is 11.5 Å². The first kappa shape index (κ1) is 14.4. The van der Waals surface area contributed by atoms with Gasteiger partial charge >= 0.3 is 6.18 Å². The molecule has 0 bridgehead atoms. The molecule has 0 amide bonds. The Morgan fingerprint density at radius 1 is 1.00 bits per heavy atom. The van der Waals surface area contributed by atoms with Crippen LogP contribution in [-0.2, 0) is 6.42 Å². The molecule has 1 aromatic rings. The molecule has 0 heterocycles. The molecule has 0 aromatic heterocycles. The Kier molecular flexibility index (Phi) is 4.54. The number of rotatable bonds is 3. The van der Waals surface area contributed by atoms with Crippen LogP contribution < -0.4 is 0 Å². The Morgan fingerprint density at radius 2 is 1.58 bits per heavy atom. The van der Waals surface area contributed by atoms with Crippen LogP contribution in [-0.4, -0.2) is 6.18 Å². The van der Waals surface area contributed by atoms with E-state index < -0.39 is 12.6 Å². The van der Waals surface area contributed by atoms with E-state index >= 15 is 0 Å². The summed E-state index contributed by atoms with van der Waals surface area (Å²) in [4.78, 5) is 0. The van der Waals surface area contributed by atoms with Crippen LogP contribution in [0.25, 0.3) is 0 Å². The lowest BCUT2D eigenvalue weighted by Crippen LogP contribution is -2.11. The molecular weight excluding hydrogens is 249 g/mol. The minimum absolute atomic E-state index is 0.0888. The first-order chi connectivity index (χ1) is 8.94. The van der Waals surface area contributed by atoms with E-state index in [-0.39, 0.29) is 6.42 Å². The first-order valence-corrected chi connectivity index (χ1v) is 7.09. The summed E-state index contributed by atoms with van der Waals surface area (Å²) in [6.45, 7) is 2.29. The summed E-state index contributed by atoms with van der Waals surface area (Å²) < 4.78 is 36.4. The van der Waals surface area contributed by atoms with Gasteiger partial charge in [0.2, 0.25) is 0 Å². The van der Waals surface area contributed by atoms with Crippen molar-refractivity contribution < 1.29 is 13.2 Å². The van der Waals surface area contributed by atoms with E-state index in [4.69, 9.17) is 0 Å². The molecule has 1 fully saturated rings. The zero-order valence-corrected chi connectivity index (χ0v) is 11.3. The predicted molar refractivity (Wildman–Crippen MR) is 71.2 cm³/mol. The molecule has 0 nitrogen and oxygen atoms in total. The summed E-state index contributed by atoms with van der Waals surface area (Å²) in [5.74, 6) is 1.43. The van der Waals surface area contributed by atoms with Crippen molar-refractivity contribution in [3.63, 3.8) is 0 Å². The number of aryl methyl sites for hydroxylation is 1. The monoisotopic (exact) mass is 270 g/mol. The topological polar surface area (TPSA) is 0 Å². The maximum atomic E-state index is 12.1. The molecule has 2 rings (SSSR count). The van der Waals surface area contributed by atoms with Gasteiger partial charge in [-0.1, -0.05) is 44.0 Å². The number of alkyl halides is 3. The third kappa shape index (κ3) is 4.55. The second-order valence-electron chi connectivity index (χ2n) is 5.81. The minimum Gasteiger partial charge on any atom is -0.171 e. The second kappa shape index (κ2) is 5.98. The Morgan fingerprint density at radius 3 is 2.11 bits per heavy atom. The van der Waals surface area contributed by atoms with Gasteiger partial charge in [0, 0.05) is 6.42 Å². The number of hydrogen-bond acceptors (Lipinski definition) is 0. The average molecular weight is 270 g/mol. The normalized spacial score (nSPS) is 24.4. The van der Waals surface area contributed by atoms with Crippen LogP contribution in [0, 0.1) is 5.92 Å². The van der Waals surface area contributed by atoms with Gasteiger partial charge in [-0.25, -0.2) is 0 Å². The maximum absolute atomic E-state index is 12.1. The summed E-state index contributed by atoms with van der Waals surface area (Å²) in [5, 5.41) is 0. The number of hydrogen-bond donors (Lipinski definition) is 0. The smallest absolute Gasteiger partial charge is 0.171 e. The lowest BCUT2D eigenvalue weighted by Gasteiger charge is -2.26. The van der Waals surface area contributed by atoms with Crippen LogP contribution in [0.15, 0.2) is 24.3 Å². The van der Waals surface area contributed by atoms with Crippen molar-refractivity contribution in [2.45, 2.75) is 57.5 Å². The highest BCUT2D eigenvalue weighted by Gasteiger charge is 2.26. The highest BCUT2D eigenvalue weighted by Crippen LogP contribution is 2.35. The van der Waals surface area contributed by atoms with Gasteiger partial charge in [0.05, 0.1) is 0 Å². The molecule has 0 radical (unpaired) electrons. The van der Waals surface area contributed by atoms with Crippen LogP contribution in [0.1, 0.15) is 56.1 Å². The quantitative estimate of drug-likeness (QED) is 0.682. The van der Waals surface area contributed by atoms with Gasteiger partial charge in [-0.2, -0.15) is 13.2 Å². The van der Waals surface area contributed by atoms with E-state index in [0.29, 0.717) is 5.92 Å². The third-order valence-corrected chi connectivity index (χ3v) is 4.16. The molecule has 0 N–H and O–H groups in total. The predicted octanol–water partition coefficient (Wildman–Crippen LogP) is 5.48. The third-order valence-electron chi connectivity index (χ3n) is 4.16. The van der Waals surface area contributed by atoms with Crippen molar-refractivity contribution in [1.82, 2.24) is 0 Å². The van der Waals surface area contributed by atoms with E-state index in [9.17, 15) is 13.2 Å². The van der Waals surface area contributed by atoms with Gasteiger partial charge in [-0.3, -0.25) is 0 Å². The van der Waals surface area contributed by atoms with Crippen LogP contribution in [0.5, 0.6) is 0 Å². The fourth-order valence-electron chi connectivity index (χ4n) is 2.84. The van der Waals surface area contributed by atoms with Crippen molar-refractivity contribution in [3.05, 3.63) is 35.4 Å². The zero-order valence-electron chi connectivity index (χ0n) is 11.3. The highest BCUT2D eigenvalue weighted by atomic mass is 19.4. The van der Waals surface area contributed by atoms with Crippen molar-refractivity contribution in [1.29, 1.82) is 0 Å². The Labute approximate surface area is 113 Å². The highest BCUT2D eigenvalue weighted by molar-refractivity contribution is 5.26. The molecule has 3 heteroatoms. The largest absolute Gasteiger partial charge is 0.389 e. The molecule has 0 spiro atoms. The molecule has 0 unspecified atom stereocenters. The van der Waals surface area contributed by atoms with Crippen LogP contribution in [0.3, 0.4) is 0 Å². The van der Waals surface area contributed by atoms with Gasteiger partial charge in [-0.15, -0.1) is 0 Å². The van der Waals surface area contributed by atoms with Crippen LogP contribution in [0.2, 0.25) is 0 Å². The van der Waals surface area contributed by atoms with Crippen LogP contribution >= 0.6 is 0 Å². The second-order valence-corrected chi connectivity index (χ2v) is 5.81. The molecule has 1 saturated carbocycles. The van der Waals surface area contributed by atoms with Gasteiger partial charge < -0.3 is 0 Å². The molecule has 1 aliphatic carbocycles. The van der Waals surface area contributed by atoms with E-state index in [2.05, 4.69) is 6.92 Å². The first-order valence-electron chi connectivity index (χ1n) is 7.09. The standard InChI is InChI=1S/C16H21F3/c1-12-2-6-14(7-3-12)15-8-4-13(5-9-15)10-11-16(17,18)19/h4-5,8-9,12,14H,2-3,6-7,10-11H2,1H3. The number of halogens is 3. The molecule has 0 atom stereocenters. The van der Waals surface area contributed by atoms with E-state index in [1.165, 1.54) is 31.2 Å². The van der Waals surface area contributed by atoms with Crippen LogP contribution in [0.4, 0.5) is 13.2 Å². The SMILES string of the molecule is CC1CCC(c2ccc(CCC(F)(F)F)cc2)CC1. The van der Waals surface area contributed by atoms with Crippen molar-refractivity contribution >= 4 is 0 Å². The minimum atomic E-state index is -4.06. The zero-order chi connectivity index (χ0) is 13.9. The molecule has 19 heavy (non-hydrogen) atoms. The lowest BCUT2D eigenvalue weighted by molar-refractivity contribution is -0.133. The summed E-state index contributed by atoms with van der Waals surface area (Å²) in [6.07, 6.45) is 0.254. The van der Waals surface area contributed by atoms with Crippen molar-refractivity contribution in [2.75, 3.05) is 0 Å². The Hall–Kier alpha value is -0.990. The molecule has 0 aliphatic heterocycles. The van der Waals surface area contributed by atoms with Gasteiger partial charge in [0.1, 0.15) is 0 Å². The lowest BCUT2D eigenvalue weighted by atomic mass is 9.79. The van der Waals surface area contributed by atoms with E-state index in [1.54, 1.807) is 0 Å². The summed E-state index contributed by atoms with van der Waals surface area (Å²) >= 11 is 0. The molecular formula is C16H21F3. The summed E-state index contributed by atoms with van der Waals surface area (Å²) in [6, 6.07) is 7.76. The fraction of sp³-hybridized carbons (Fsp3) is 0.625. The van der Waals surface area contributed by atoms with Gasteiger partial charge in [-0.05, 0) is 42.2 Å². The molecule has 106 valence electrons. The molecule has 1 aliphatic rings. The van der Waals surface area contributed by atoms with Gasteiger partial charge in [0.15, 0.2) is 0 Å². The Balaban J connectivity index is 1.91. The average Bonchev–Trinajstić information content (AvgIpc) is 2.37. The molecule has 1 aromatic carbocycles. The maximum Gasteiger partial charge on any atom is 0.389 e. The number of benzene rings is 1. The molecule has 0 saturated heterocycles. The fourth-order valence-corrected chi connectivity index (χ4v) is 2.84. The summed E-state index contributed by atoms with van der Waals surface area (Å²) in [5.41, 5.74) is 2.08. The van der Waals surface area contributed by atoms with Gasteiger partial charge in [0.25, 0.3) is 0 Å².